The summed E-state index contributed by atoms with van der Waals surface area (Å²) in [5, 5.41) is 17.8. The van der Waals surface area contributed by atoms with Crippen molar-refractivity contribution < 1.29 is 18.9 Å². The van der Waals surface area contributed by atoms with Gasteiger partial charge in [0.05, 0.1) is 18.1 Å². The minimum Gasteiger partial charge on any atom is -0.497 e. The molecular weight excluding hydrogens is 470 g/mol. The molecule has 0 saturated carbocycles. The zero-order valence-corrected chi connectivity index (χ0v) is 20.2. The number of nitrogens with zero attached hydrogens (tertiary/aromatic N) is 3. The minimum atomic E-state index is -0.619. The summed E-state index contributed by atoms with van der Waals surface area (Å²) in [6.45, 7) is 1.84. The summed E-state index contributed by atoms with van der Waals surface area (Å²) < 4.78 is 17.6. The number of fused-ring (bicyclic) bond motifs is 3. The van der Waals surface area contributed by atoms with Gasteiger partial charge in [0.25, 0.3) is 5.69 Å². The van der Waals surface area contributed by atoms with Gasteiger partial charge >= 0.3 is 0 Å². The molecule has 0 saturated heterocycles. The Bertz CT molecular complexity index is 1590. The fourth-order valence-electron chi connectivity index (χ4n) is 4.94. The normalized spacial score (nSPS) is 16.8. The standard InChI is InChI=1S/C29H23N3O5/c1-18-17-26(30-37-18)31-28(20-9-14-23(35-2)15-10-20)27-24-6-4-3-5-19(24)11-16-25(27)36-29(31)21-7-12-22(13-8-21)32(33)34/h3-17,28-29H,1-2H3. The maximum Gasteiger partial charge on any atom is 0.269 e. The van der Waals surface area contributed by atoms with Crippen molar-refractivity contribution in [3.05, 3.63) is 124 Å². The zero-order chi connectivity index (χ0) is 25.5. The Kier molecular flexibility index (Phi) is 5.49. The molecule has 37 heavy (non-hydrogen) atoms. The summed E-state index contributed by atoms with van der Waals surface area (Å²) in [7, 11) is 1.64. The molecule has 5 aromatic rings. The van der Waals surface area contributed by atoms with Gasteiger partial charge in [-0.05, 0) is 53.6 Å². The lowest BCUT2D eigenvalue weighted by atomic mass is 9.89. The highest BCUT2D eigenvalue weighted by molar-refractivity contribution is 5.89. The second kappa shape index (κ2) is 8.98. The van der Waals surface area contributed by atoms with E-state index in [4.69, 9.17) is 14.0 Å². The van der Waals surface area contributed by atoms with Crippen molar-refractivity contribution in [3.8, 4) is 11.5 Å². The lowest BCUT2D eigenvalue weighted by molar-refractivity contribution is -0.384. The second-order valence-corrected chi connectivity index (χ2v) is 8.90. The molecule has 0 N–H and O–H groups in total. The lowest BCUT2D eigenvalue weighted by Crippen LogP contribution is -2.40. The van der Waals surface area contributed by atoms with Gasteiger partial charge < -0.3 is 18.9 Å². The van der Waals surface area contributed by atoms with Gasteiger partial charge in [-0.25, -0.2) is 0 Å². The van der Waals surface area contributed by atoms with Crippen LogP contribution in [0.2, 0.25) is 0 Å². The number of ether oxygens (including phenoxy) is 2. The van der Waals surface area contributed by atoms with Crippen molar-refractivity contribution in [1.29, 1.82) is 0 Å². The molecule has 0 radical (unpaired) electrons. The topological polar surface area (TPSA) is 90.9 Å². The first-order chi connectivity index (χ1) is 18.0. The molecule has 2 unspecified atom stereocenters. The van der Waals surface area contributed by atoms with Crippen LogP contribution >= 0.6 is 0 Å². The molecule has 184 valence electrons. The third-order valence-corrected chi connectivity index (χ3v) is 6.67. The van der Waals surface area contributed by atoms with E-state index < -0.39 is 11.2 Å². The van der Waals surface area contributed by atoms with Crippen LogP contribution in [0.1, 0.15) is 34.7 Å². The Hall–Kier alpha value is -4.85. The number of benzene rings is 4. The number of hydrogen-bond acceptors (Lipinski definition) is 7. The predicted octanol–water partition coefficient (Wildman–Crippen LogP) is 6.74. The molecule has 4 aromatic carbocycles. The van der Waals surface area contributed by atoms with E-state index in [9.17, 15) is 10.1 Å². The second-order valence-electron chi connectivity index (χ2n) is 8.90. The predicted molar refractivity (Wildman–Crippen MR) is 139 cm³/mol. The molecule has 0 spiro atoms. The van der Waals surface area contributed by atoms with Crippen LogP contribution < -0.4 is 14.4 Å². The van der Waals surface area contributed by atoms with E-state index in [2.05, 4.69) is 22.2 Å². The molecule has 2 heterocycles. The number of non-ortho nitro benzene ring substituents is 1. The smallest absolute Gasteiger partial charge is 0.269 e. The maximum atomic E-state index is 11.3. The van der Waals surface area contributed by atoms with Crippen molar-refractivity contribution in [2.24, 2.45) is 0 Å². The molecule has 2 atom stereocenters. The first-order valence-electron chi connectivity index (χ1n) is 11.8. The van der Waals surface area contributed by atoms with Crippen LogP contribution in [0.4, 0.5) is 11.5 Å². The van der Waals surface area contributed by atoms with Gasteiger partial charge in [0.15, 0.2) is 5.82 Å². The lowest BCUT2D eigenvalue weighted by Gasteiger charge is -2.43. The van der Waals surface area contributed by atoms with E-state index in [-0.39, 0.29) is 11.7 Å². The number of aromatic nitrogens is 1. The molecule has 0 aliphatic carbocycles. The average molecular weight is 494 g/mol. The number of hydrogen-bond donors (Lipinski definition) is 0. The number of nitro groups is 1. The Morgan fingerprint density at radius 3 is 2.35 bits per heavy atom. The highest BCUT2D eigenvalue weighted by Crippen LogP contribution is 2.50. The molecular formula is C29H23N3O5. The molecule has 1 aliphatic heterocycles. The summed E-state index contributed by atoms with van der Waals surface area (Å²) in [5.74, 6) is 2.75. The van der Waals surface area contributed by atoms with Crippen LogP contribution in [-0.2, 0) is 0 Å². The average Bonchev–Trinajstić information content (AvgIpc) is 3.37. The van der Waals surface area contributed by atoms with Crippen LogP contribution in [0.15, 0.2) is 95.5 Å². The zero-order valence-electron chi connectivity index (χ0n) is 20.2. The summed E-state index contributed by atoms with van der Waals surface area (Å²) >= 11 is 0. The third kappa shape index (κ3) is 3.92. The molecule has 1 aliphatic rings. The number of anilines is 1. The van der Waals surface area contributed by atoms with Gasteiger partial charge in [0.1, 0.15) is 17.3 Å². The Morgan fingerprint density at radius 2 is 1.68 bits per heavy atom. The van der Waals surface area contributed by atoms with E-state index in [1.165, 1.54) is 12.1 Å². The van der Waals surface area contributed by atoms with Crippen molar-refractivity contribution >= 4 is 22.3 Å². The van der Waals surface area contributed by atoms with Crippen LogP contribution in [0, 0.1) is 17.0 Å². The van der Waals surface area contributed by atoms with Crippen molar-refractivity contribution in [1.82, 2.24) is 5.16 Å². The van der Waals surface area contributed by atoms with Crippen LogP contribution in [0.3, 0.4) is 0 Å². The fourth-order valence-corrected chi connectivity index (χ4v) is 4.94. The molecule has 0 fully saturated rings. The van der Waals surface area contributed by atoms with E-state index in [1.807, 2.05) is 61.5 Å². The van der Waals surface area contributed by atoms with Gasteiger partial charge in [0, 0.05) is 29.3 Å². The molecule has 0 amide bonds. The van der Waals surface area contributed by atoms with E-state index in [0.29, 0.717) is 11.6 Å². The van der Waals surface area contributed by atoms with Crippen LogP contribution in [-0.4, -0.2) is 17.2 Å². The van der Waals surface area contributed by atoms with Gasteiger partial charge in [0.2, 0.25) is 6.23 Å². The number of rotatable bonds is 5. The van der Waals surface area contributed by atoms with Gasteiger partial charge in [-0.3, -0.25) is 10.1 Å². The monoisotopic (exact) mass is 493 g/mol. The largest absolute Gasteiger partial charge is 0.497 e. The van der Waals surface area contributed by atoms with Crippen LogP contribution in [0.5, 0.6) is 11.5 Å². The number of aryl methyl sites for hydroxylation is 1. The van der Waals surface area contributed by atoms with E-state index in [0.717, 1.165) is 39.0 Å². The highest BCUT2D eigenvalue weighted by atomic mass is 16.6. The molecule has 8 heteroatoms. The molecule has 6 rings (SSSR count). The molecule has 1 aromatic heterocycles. The fraction of sp³-hybridized carbons (Fsp3) is 0.138. The summed E-state index contributed by atoms with van der Waals surface area (Å²) in [6, 6.07) is 28.2. The highest BCUT2D eigenvalue weighted by Gasteiger charge is 2.40. The Labute approximate surface area is 212 Å². The summed E-state index contributed by atoms with van der Waals surface area (Å²) in [4.78, 5) is 12.9. The van der Waals surface area contributed by atoms with E-state index in [1.54, 1.807) is 19.2 Å². The summed E-state index contributed by atoms with van der Waals surface area (Å²) in [6.07, 6.45) is -0.619. The Morgan fingerprint density at radius 1 is 0.946 bits per heavy atom. The van der Waals surface area contributed by atoms with Gasteiger partial charge in [-0.15, -0.1) is 0 Å². The SMILES string of the molecule is COc1ccc(C2c3c(ccc4ccccc34)OC(c3ccc([N+](=O)[O-])cc3)N2c2cc(C)on2)cc1. The summed E-state index contributed by atoms with van der Waals surface area (Å²) in [5.41, 5.74) is 2.78. The van der Waals surface area contributed by atoms with Gasteiger partial charge in [-0.2, -0.15) is 0 Å². The molecule has 0 bridgehead atoms. The van der Waals surface area contributed by atoms with Crippen molar-refractivity contribution in [3.63, 3.8) is 0 Å². The number of nitro benzene ring substituents is 1. The third-order valence-electron chi connectivity index (χ3n) is 6.67. The molecule has 8 nitrogen and oxygen atoms in total. The van der Waals surface area contributed by atoms with Crippen molar-refractivity contribution in [2.75, 3.05) is 12.0 Å². The van der Waals surface area contributed by atoms with E-state index >= 15 is 0 Å². The van der Waals surface area contributed by atoms with Crippen LogP contribution in [0.25, 0.3) is 10.8 Å². The minimum absolute atomic E-state index is 0.0153. The quantitative estimate of drug-likeness (QED) is 0.198. The first kappa shape index (κ1) is 22.6. The van der Waals surface area contributed by atoms with Crippen molar-refractivity contribution in [2.45, 2.75) is 19.2 Å². The first-order valence-corrected chi connectivity index (χ1v) is 11.8. The number of methoxy groups -OCH3 is 1. The van der Waals surface area contributed by atoms with Gasteiger partial charge in [-0.1, -0.05) is 47.6 Å². The Balaban J connectivity index is 1.61. The maximum absolute atomic E-state index is 11.3.